The van der Waals surface area contributed by atoms with Gasteiger partial charge in [0.05, 0.1) is 16.3 Å². The average Bonchev–Trinajstić information content (AvgIpc) is 3.22. The lowest BCUT2D eigenvalue weighted by Gasteiger charge is -2.36. The van der Waals surface area contributed by atoms with E-state index in [1.54, 1.807) is 30.3 Å². The number of pyridine rings is 1. The van der Waals surface area contributed by atoms with Gasteiger partial charge in [0.2, 0.25) is 0 Å². The second-order valence-electron chi connectivity index (χ2n) is 9.27. The molecule has 0 bridgehead atoms. The summed E-state index contributed by atoms with van der Waals surface area (Å²) in [5.41, 5.74) is -2.11. The van der Waals surface area contributed by atoms with Gasteiger partial charge in [-0.2, -0.15) is 0 Å². The first-order valence-electron chi connectivity index (χ1n) is 11.9. The fourth-order valence-corrected chi connectivity index (χ4v) is 4.72. The van der Waals surface area contributed by atoms with Gasteiger partial charge in [-0.15, -0.1) is 8.78 Å². The van der Waals surface area contributed by atoms with E-state index in [0.717, 1.165) is 18.2 Å². The van der Waals surface area contributed by atoms with Gasteiger partial charge in [-0.1, -0.05) is 54.1 Å². The number of aromatic nitrogens is 1. The topological polar surface area (TPSA) is 60.5 Å². The minimum Gasteiger partial charge on any atom is -0.395 e. The van der Waals surface area contributed by atoms with E-state index < -0.39 is 35.0 Å². The van der Waals surface area contributed by atoms with Crippen molar-refractivity contribution in [1.29, 1.82) is 0 Å². The summed E-state index contributed by atoms with van der Waals surface area (Å²) >= 11 is 6.08. The summed E-state index contributed by atoms with van der Waals surface area (Å²) in [6.07, 6.45) is -2.71. The van der Waals surface area contributed by atoms with Crippen LogP contribution < -0.4 is 14.8 Å². The van der Waals surface area contributed by atoms with Crippen molar-refractivity contribution in [3.8, 4) is 11.5 Å². The monoisotopic (exact) mass is 574 g/mol. The highest BCUT2D eigenvalue weighted by Crippen LogP contribution is 2.49. The molecule has 1 aliphatic rings. The first-order chi connectivity index (χ1) is 18.9. The maximum atomic E-state index is 14.2. The molecule has 0 spiro atoms. The molecule has 0 aliphatic carbocycles. The highest BCUT2D eigenvalue weighted by Gasteiger charge is 2.49. The van der Waals surface area contributed by atoms with Crippen molar-refractivity contribution in [3.05, 3.63) is 124 Å². The summed E-state index contributed by atoms with van der Waals surface area (Å²) in [6, 6.07) is 18.5. The van der Waals surface area contributed by atoms with Crippen molar-refractivity contribution in [2.24, 2.45) is 0 Å². The molecule has 5 nitrogen and oxygen atoms in total. The van der Waals surface area contributed by atoms with Crippen LogP contribution in [0, 0.1) is 5.82 Å². The van der Waals surface area contributed by atoms with Crippen LogP contribution in [-0.4, -0.2) is 17.2 Å². The van der Waals surface area contributed by atoms with E-state index in [1.165, 1.54) is 36.5 Å². The third kappa shape index (κ3) is 5.31. The second kappa shape index (κ2) is 10.1. The zero-order valence-corrected chi connectivity index (χ0v) is 21.5. The van der Waals surface area contributed by atoms with E-state index in [4.69, 9.17) is 16.3 Å². The maximum Gasteiger partial charge on any atom is 0.586 e. The van der Waals surface area contributed by atoms with E-state index in [1.807, 2.05) is 0 Å². The number of nitrogens with zero attached hydrogens (tertiary/aromatic N) is 1. The highest BCUT2D eigenvalue weighted by atomic mass is 35.5. The van der Waals surface area contributed by atoms with Crippen LogP contribution in [0.15, 0.2) is 85.1 Å². The molecule has 11 heteroatoms. The number of hydrogen-bond acceptors (Lipinski definition) is 4. The Labute approximate surface area is 230 Å². The molecule has 1 atom stereocenters. The number of rotatable bonds is 7. The van der Waals surface area contributed by atoms with Crippen molar-refractivity contribution in [2.45, 2.75) is 31.1 Å². The quantitative estimate of drug-likeness (QED) is 0.237. The standard InChI is InChI=1S/C29H20ClF5N2O3/c1-27(32,33)21-14-18(10-12-22(21)31)26(38)37-28(15-17-6-3-2-4-7-17,24-13-11-19(30)16-36-24)20-8-5-9-23-25(20)40-29(34,35)39-23/h2-14,16H,15H2,1H3,(H,37,38)/t28-/m1/s1. The molecule has 1 aromatic heterocycles. The summed E-state index contributed by atoms with van der Waals surface area (Å²) in [5.74, 6) is -6.29. The lowest BCUT2D eigenvalue weighted by molar-refractivity contribution is -0.287. The van der Waals surface area contributed by atoms with Gasteiger partial charge in [0.1, 0.15) is 11.4 Å². The molecule has 0 unspecified atom stereocenters. The van der Waals surface area contributed by atoms with Crippen molar-refractivity contribution in [2.75, 3.05) is 0 Å². The zero-order valence-electron chi connectivity index (χ0n) is 20.7. The Hall–Kier alpha value is -4.18. The molecule has 0 saturated heterocycles. The SMILES string of the molecule is CC(F)(F)c1cc(C(=O)N[C@@](Cc2ccccc2)(c2ccc(Cl)cn2)c2cccc3c2OC(F)(F)O3)ccc1F. The van der Waals surface area contributed by atoms with E-state index in [9.17, 15) is 26.7 Å². The number of carbonyl (C=O) groups is 1. The van der Waals surface area contributed by atoms with Crippen molar-refractivity contribution < 1.29 is 36.2 Å². The van der Waals surface area contributed by atoms with Gasteiger partial charge in [-0.25, -0.2) is 13.2 Å². The molecule has 1 aliphatic heterocycles. The fourth-order valence-electron chi connectivity index (χ4n) is 4.60. The first kappa shape index (κ1) is 27.4. The van der Waals surface area contributed by atoms with E-state index in [0.29, 0.717) is 12.5 Å². The van der Waals surface area contributed by atoms with Crippen LogP contribution in [0.1, 0.15) is 39.7 Å². The van der Waals surface area contributed by atoms with Gasteiger partial charge in [-0.3, -0.25) is 9.78 Å². The normalized spacial score (nSPS) is 15.4. The molecule has 40 heavy (non-hydrogen) atoms. The van der Waals surface area contributed by atoms with E-state index >= 15 is 0 Å². The predicted octanol–water partition coefficient (Wildman–Crippen LogP) is 7.22. The number of carbonyl (C=O) groups excluding carboxylic acids is 1. The molecule has 206 valence electrons. The Kier molecular flexibility index (Phi) is 6.91. The number of ether oxygens (including phenoxy) is 2. The molecule has 1 N–H and O–H groups in total. The van der Waals surface area contributed by atoms with Crippen molar-refractivity contribution >= 4 is 17.5 Å². The number of benzene rings is 3. The predicted molar refractivity (Wildman–Crippen MR) is 136 cm³/mol. The maximum absolute atomic E-state index is 14.2. The molecule has 3 aromatic carbocycles. The molecule has 2 heterocycles. The van der Waals surface area contributed by atoms with Gasteiger partial charge in [0, 0.05) is 30.7 Å². The summed E-state index contributed by atoms with van der Waals surface area (Å²) in [6.45, 7) is 0.509. The third-order valence-corrected chi connectivity index (χ3v) is 6.62. The fraction of sp³-hybridized carbons (Fsp3) is 0.172. The van der Waals surface area contributed by atoms with Gasteiger partial charge >= 0.3 is 6.29 Å². The smallest absolute Gasteiger partial charge is 0.395 e. The van der Waals surface area contributed by atoms with Crippen LogP contribution in [-0.2, 0) is 17.9 Å². The summed E-state index contributed by atoms with van der Waals surface area (Å²) < 4.78 is 80.4. The third-order valence-electron chi connectivity index (χ3n) is 6.39. The van der Waals surface area contributed by atoms with E-state index in [-0.39, 0.29) is 39.8 Å². The Bertz CT molecular complexity index is 1560. The van der Waals surface area contributed by atoms with Crippen LogP contribution in [0.5, 0.6) is 11.5 Å². The largest absolute Gasteiger partial charge is 0.586 e. The van der Waals surface area contributed by atoms with Crippen molar-refractivity contribution in [1.82, 2.24) is 10.3 Å². The lowest BCUT2D eigenvalue weighted by atomic mass is 9.79. The van der Waals surface area contributed by atoms with E-state index in [2.05, 4.69) is 15.0 Å². The Morgan fingerprint density at radius 2 is 1.73 bits per heavy atom. The van der Waals surface area contributed by atoms with Crippen molar-refractivity contribution in [3.63, 3.8) is 0 Å². The number of fused-ring (bicyclic) bond motifs is 1. The zero-order chi connectivity index (χ0) is 28.7. The number of nitrogens with one attached hydrogen (secondary N) is 1. The number of halogens is 6. The lowest BCUT2D eigenvalue weighted by Crippen LogP contribution is -2.49. The Morgan fingerprint density at radius 1 is 0.975 bits per heavy atom. The molecule has 0 fully saturated rings. The Morgan fingerprint density at radius 3 is 2.40 bits per heavy atom. The minimum absolute atomic E-state index is 0.0441. The number of para-hydroxylation sites is 1. The van der Waals surface area contributed by atoms with Gasteiger partial charge in [0.25, 0.3) is 11.8 Å². The Balaban J connectivity index is 1.73. The van der Waals surface area contributed by atoms with Crippen LogP contribution >= 0.6 is 11.6 Å². The molecule has 1 amide bonds. The molecule has 0 radical (unpaired) electrons. The summed E-state index contributed by atoms with van der Waals surface area (Å²) in [5, 5.41) is 3.08. The molecular weight excluding hydrogens is 555 g/mol. The minimum atomic E-state index is -3.98. The van der Waals surface area contributed by atoms with Gasteiger partial charge in [0.15, 0.2) is 11.5 Å². The number of amides is 1. The molecule has 0 saturated carbocycles. The molecule has 4 aromatic rings. The highest BCUT2D eigenvalue weighted by molar-refractivity contribution is 6.30. The van der Waals surface area contributed by atoms with Crippen LogP contribution in [0.25, 0.3) is 0 Å². The van der Waals surface area contributed by atoms with Crippen LogP contribution in [0.3, 0.4) is 0 Å². The summed E-state index contributed by atoms with van der Waals surface area (Å²) in [4.78, 5) is 18.1. The average molecular weight is 575 g/mol. The molecule has 5 rings (SSSR count). The first-order valence-corrected chi connectivity index (χ1v) is 12.3. The summed E-state index contributed by atoms with van der Waals surface area (Å²) in [7, 11) is 0. The van der Waals surface area contributed by atoms with Crippen LogP contribution in [0.4, 0.5) is 22.0 Å². The number of alkyl halides is 4. The second-order valence-corrected chi connectivity index (χ2v) is 9.70. The number of hydrogen-bond donors (Lipinski definition) is 1. The van der Waals surface area contributed by atoms with Crippen LogP contribution in [0.2, 0.25) is 5.02 Å². The van der Waals surface area contributed by atoms with Gasteiger partial charge in [-0.05, 0) is 42.0 Å². The molecular formula is C29H20ClF5N2O3. The van der Waals surface area contributed by atoms with Gasteiger partial charge < -0.3 is 14.8 Å².